The molecule has 0 saturated carbocycles. The van der Waals surface area contributed by atoms with Crippen molar-refractivity contribution in [2.45, 2.75) is 6.92 Å². The van der Waals surface area contributed by atoms with Crippen LogP contribution < -0.4 is 5.32 Å². The third-order valence-corrected chi connectivity index (χ3v) is 5.00. The normalized spacial score (nSPS) is 11.4. The highest BCUT2D eigenvalue weighted by molar-refractivity contribution is 5.82. The number of tetrazole rings is 1. The maximum atomic E-state index is 9.35. The molecule has 3 heterocycles. The van der Waals surface area contributed by atoms with E-state index in [1.54, 1.807) is 12.4 Å². The molecule has 3 aromatic heterocycles. The second-order valence-corrected chi connectivity index (χ2v) is 7.02. The summed E-state index contributed by atoms with van der Waals surface area (Å²) < 4.78 is 1.87. The molecule has 0 saturated heterocycles. The average molecular weight is 419 g/mol. The molecular weight excluding hydrogens is 402 g/mol. The van der Waals surface area contributed by atoms with Gasteiger partial charge in [0.15, 0.2) is 5.65 Å². The van der Waals surface area contributed by atoms with Crippen molar-refractivity contribution in [1.29, 1.82) is 5.26 Å². The maximum Gasteiger partial charge on any atom is 0.216 e. The first-order valence-electron chi connectivity index (χ1n) is 9.85. The lowest BCUT2D eigenvalue weighted by Crippen LogP contribution is -1.97. The summed E-state index contributed by atoms with van der Waals surface area (Å²) in [6, 6.07) is 22.0. The minimum absolute atomic E-state index is 0.229. The molecule has 0 aliphatic heterocycles. The second-order valence-electron chi connectivity index (χ2n) is 7.02. The number of aromatic nitrogens is 7. The molecule has 9 nitrogen and oxygen atoms in total. The van der Waals surface area contributed by atoms with E-state index in [1.165, 1.54) is 0 Å². The van der Waals surface area contributed by atoms with Crippen LogP contribution in [0.4, 0.5) is 5.69 Å². The molecule has 0 aliphatic carbocycles. The van der Waals surface area contributed by atoms with E-state index in [2.05, 4.69) is 49.1 Å². The minimum Gasteiger partial charge on any atom is -0.360 e. The van der Waals surface area contributed by atoms with Crippen molar-refractivity contribution >= 4 is 16.9 Å². The third kappa shape index (κ3) is 3.46. The second kappa shape index (κ2) is 8.12. The van der Waals surface area contributed by atoms with Crippen molar-refractivity contribution in [3.8, 4) is 28.5 Å². The van der Waals surface area contributed by atoms with E-state index in [0.717, 1.165) is 39.4 Å². The van der Waals surface area contributed by atoms with Gasteiger partial charge < -0.3 is 5.32 Å². The molecule has 0 unspecified atom stereocenters. The molecule has 154 valence electrons. The van der Waals surface area contributed by atoms with Gasteiger partial charge in [0.2, 0.25) is 5.82 Å². The van der Waals surface area contributed by atoms with E-state index in [-0.39, 0.29) is 11.4 Å². The minimum atomic E-state index is 0.229. The third-order valence-electron chi connectivity index (χ3n) is 5.00. The topological polar surface area (TPSA) is 120 Å². The Morgan fingerprint density at radius 1 is 1.09 bits per heavy atom. The van der Waals surface area contributed by atoms with Crippen LogP contribution in [0.2, 0.25) is 0 Å². The van der Waals surface area contributed by atoms with Gasteiger partial charge in [0, 0.05) is 29.2 Å². The van der Waals surface area contributed by atoms with Crippen LogP contribution >= 0.6 is 0 Å². The molecule has 2 aromatic carbocycles. The van der Waals surface area contributed by atoms with Gasteiger partial charge in [0.1, 0.15) is 11.6 Å². The summed E-state index contributed by atoms with van der Waals surface area (Å²) in [5.41, 5.74) is 6.74. The van der Waals surface area contributed by atoms with Crippen LogP contribution in [0.15, 0.2) is 73.1 Å². The van der Waals surface area contributed by atoms with Crippen LogP contribution in [0.3, 0.4) is 0 Å². The lowest BCUT2D eigenvalue weighted by atomic mass is 10.1. The van der Waals surface area contributed by atoms with Crippen LogP contribution in [-0.4, -0.2) is 35.2 Å². The molecule has 5 aromatic rings. The number of nitriles is 1. The van der Waals surface area contributed by atoms with Crippen LogP contribution in [0.25, 0.3) is 33.6 Å². The summed E-state index contributed by atoms with van der Waals surface area (Å²) in [5.74, 6) is 0.229. The monoisotopic (exact) mass is 419 g/mol. The Bertz CT molecular complexity index is 1460. The Kier molecular flexibility index (Phi) is 4.86. The molecule has 0 aliphatic rings. The molecule has 0 radical (unpaired) electrons. The van der Waals surface area contributed by atoms with E-state index >= 15 is 0 Å². The van der Waals surface area contributed by atoms with Gasteiger partial charge in [0.25, 0.3) is 0 Å². The van der Waals surface area contributed by atoms with Crippen molar-refractivity contribution in [3.05, 3.63) is 84.6 Å². The van der Waals surface area contributed by atoms with E-state index < -0.39 is 0 Å². The molecule has 0 fully saturated rings. The molecule has 0 spiro atoms. The number of H-pyrrole nitrogens is 1. The Morgan fingerprint density at radius 3 is 2.72 bits per heavy atom. The van der Waals surface area contributed by atoms with Crippen molar-refractivity contribution in [1.82, 2.24) is 35.2 Å². The zero-order valence-electron chi connectivity index (χ0n) is 17.1. The highest BCUT2D eigenvalue weighted by Crippen LogP contribution is 2.30. The Balaban J connectivity index is 1.54. The first-order chi connectivity index (χ1) is 15.7. The SMILES string of the molecule is Cc1nn2c(-c3cccc(NC=C(C#N)c4nn[nH]n4)c3)ccnc2c1-c1ccccc1. The van der Waals surface area contributed by atoms with E-state index in [1.807, 2.05) is 60.0 Å². The van der Waals surface area contributed by atoms with Gasteiger partial charge in [0.05, 0.1) is 11.4 Å². The highest BCUT2D eigenvalue weighted by atomic mass is 15.5. The van der Waals surface area contributed by atoms with E-state index in [0.29, 0.717) is 0 Å². The van der Waals surface area contributed by atoms with Gasteiger partial charge in [-0.3, -0.25) is 0 Å². The molecular formula is C23H17N9. The van der Waals surface area contributed by atoms with Crippen LogP contribution in [0, 0.1) is 18.3 Å². The standard InChI is InChI=1S/C23H17N9/c1-15-21(16-6-3-2-4-7-16)23-25-11-10-20(32(23)29-15)17-8-5-9-19(12-17)26-14-18(13-24)22-27-30-31-28-22/h2-12,14,26H,1H3,(H,27,28,30,31). The van der Waals surface area contributed by atoms with Gasteiger partial charge >= 0.3 is 0 Å². The average Bonchev–Trinajstić information content (AvgIpc) is 3.47. The van der Waals surface area contributed by atoms with Gasteiger partial charge in [-0.05, 0) is 35.9 Å². The van der Waals surface area contributed by atoms with Crippen molar-refractivity contribution < 1.29 is 0 Å². The fourth-order valence-electron chi connectivity index (χ4n) is 3.56. The Hall–Kier alpha value is -4.84. The molecule has 5 rings (SSSR count). The Morgan fingerprint density at radius 2 is 1.94 bits per heavy atom. The van der Waals surface area contributed by atoms with E-state index in [4.69, 9.17) is 5.10 Å². The van der Waals surface area contributed by atoms with E-state index in [9.17, 15) is 5.26 Å². The summed E-state index contributed by atoms with van der Waals surface area (Å²) in [6.07, 6.45) is 3.35. The highest BCUT2D eigenvalue weighted by Gasteiger charge is 2.15. The smallest absolute Gasteiger partial charge is 0.216 e. The first-order valence-corrected chi connectivity index (χ1v) is 9.85. The predicted octanol–water partition coefficient (Wildman–Crippen LogP) is 3.86. The molecule has 0 amide bonds. The summed E-state index contributed by atoms with van der Waals surface area (Å²) in [7, 11) is 0. The number of hydrogen-bond acceptors (Lipinski definition) is 7. The summed E-state index contributed by atoms with van der Waals surface area (Å²) in [6.45, 7) is 1.99. The number of rotatable bonds is 5. The fraction of sp³-hybridized carbons (Fsp3) is 0.0435. The fourth-order valence-corrected chi connectivity index (χ4v) is 3.56. The number of hydrogen-bond donors (Lipinski definition) is 2. The largest absolute Gasteiger partial charge is 0.360 e. The van der Waals surface area contributed by atoms with Crippen LogP contribution in [-0.2, 0) is 0 Å². The van der Waals surface area contributed by atoms with Gasteiger partial charge in [-0.2, -0.15) is 15.6 Å². The summed E-state index contributed by atoms with van der Waals surface area (Å²) in [4.78, 5) is 4.60. The molecule has 32 heavy (non-hydrogen) atoms. The zero-order chi connectivity index (χ0) is 21.9. The van der Waals surface area contributed by atoms with Gasteiger partial charge in [-0.15, -0.1) is 10.2 Å². The number of aryl methyl sites for hydroxylation is 1. The lowest BCUT2D eigenvalue weighted by Gasteiger charge is -2.08. The first kappa shape index (κ1) is 19.1. The molecule has 2 N–H and O–H groups in total. The number of anilines is 1. The summed E-state index contributed by atoms with van der Waals surface area (Å²) in [5, 5.41) is 30.8. The van der Waals surface area contributed by atoms with Gasteiger partial charge in [-0.25, -0.2) is 9.50 Å². The number of aromatic amines is 1. The molecule has 0 bridgehead atoms. The zero-order valence-corrected chi connectivity index (χ0v) is 17.1. The Labute approximate surface area is 183 Å². The number of nitrogens with zero attached hydrogens (tertiary/aromatic N) is 7. The van der Waals surface area contributed by atoms with Crippen molar-refractivity contribution in [3.63, 3.8) is 0 Å². The summed E-state index contributed by atoms with van der Waals surface area (Å²) >= 11 is 0. The number of nitrogens with one attached hydrogen (secondary N) is 2. The molecule has 0 atom stereocenters. The predicted molar refractivity (Wildman–Crippen MR) is 120 cm³/mol. The molecule has 9 heteroatoms. The number of allylic oxidation sites excluding steroid dienone is 1. The number of benzene rings is 2. The quantitative estimate of drug-likeness (QED) is 0.415. The number of fused-ring (bicyclic) bond motifs is 1. The van der Waals surface area contributed by atoms with Crippen molar-refractivity contribution in [2.24, 2.45) is 0 Å². The van der Waals surface area contributed by atoms with Crippen LogP contribution in [0.1, 0.15) is 11.5 Å². The lowest BCUT2D eigenvalue weighted by molar-refractivity contribution is 0.881. The van der Waals surface area contributed by atoms with Crippen LogP contribution in [0.5, 0.6) is 0 Å². The van der Waals surface area contributed by atoms with Gasteiger partial charge in [-0.1, -0.05) is 42.5 Å². The van der Waals surface area contributed by atoms with Crippen molar-refractivity contribution in [2.75, 3.05) is 5.32 Å². The maximum absolute atomic E-state index is 9.35.